The molecule has 1 atom stereocenters. The molecule has 0 fully saturated rings. The first-order valence-corrected chi connectivity index (χ1v) is 6.67. The van der Waals surface area contributed by atoms with Crippen molar-refractivity contribution in [1.82, 2.24) is 0 Å². The third-order valence-corrected chi connectivity index (χ3v) is 3.32. The number of nitrogens with one attached hydrogen (secondary N) is 1. The minimum Gasteiger partial charge on any atom is -0.497 e. The zero-order valence-corrected chi connectivity index (χ0v) is 12.4. The molecule has 4 nitrogen and oxygen atoms in total. The predicted octanol–water partition coefficient (Wildman–Crippen LogP) is 3.75. The molecule has 0 aliphatic heterocycles. The summed E-state index contributed by atoms with van der Waals surface area (Å²) in [6, 6.07) is 15.4. The molecular formula is C17H18N2O2. The van der Waals surface area contributed by atoms with Crippen LogP contribution in [-0.4, -0.2) is 14.2 Å². The van der Waals surface area contributed by atoms with Gasteiger partial charge in [-0.05, 0) is 36.8 Å². The van der Waals surface area contributed by atoms with Gasteiger partial charge in [0, 0.05) is 6.04 Å². The summed E-state index contributed by atoms with van der Waals surface area (Å²) in [6.07, 6.45) is 0. The summed E-state index contributed by atoms with van der Waals surface area (Å²) in [5.41, 5.74) is 2.34. The molecule has 0 aliphatic rings. The van der Waals surface area contributed by atoms with Crippen molar-refractivity contribution in [3.05, 3.63) is 53.6 Å². The van der Waals surface area contributed by atoms with Crippen LogP contribution in [-0.2, 0) is 0 Å². The van der Waals surface area contributed by atoms with Gasteiger partial charge >= 0.3 is 0 Å². The van der Waals surface area contributed by atoms with Crippen molar-refractivity contribution in [2.45, 2.75) is 13.0 Å². The van der Waals surface area contributed by atoms with Crippen molar-refractivity contribution in [2.24, 2.45) is 0 Å². The molecule has 2 aromatic carbocycles. The largest absolute Gasteiger partial charge is 0.497 e. The summed E-state index contributed by atoms with van der Waals surface area (Å²) in [6.45, 7) is 2.03. The molecule has 1 N–H and O–H groups in total. The van der Waals surface area contributed by atoms with Crippen LogP contribution < -0.4 is 14.8 Å². The van der Waals surface area contributed by atoms with E-state index in [1.807, 2.05) is 37.3 Å². The molecule has 0 amide bonds. The fourth-order valence-electron chi connectivity index (χ4n) is 2.15. The average molecular weight is 282 g/mol. The van der Waals surface area contributed by atoms with Gasteiger partial charge in [-0.15, -0.1) is 0 Å². The van der Waals surface area contributed by atoms with Crippen LogP contribution in [0.1, 0.15) is 24.1 Å². The number of nitriles is 1. The van der Waals surface area contributed by atoms with Gasteiger partial charge in [0.2, 0.25) is 0 Å². The Morgan fingerprint density at radius 2 is 1.86 bits per heavy atom. The average Bonchev–Trinajstić information content (AvgIpc) is 2.54. The number of nitrogens with zero attached hydrogens (tertiary/aromatic N) is 1. The zero-order chi connectivity index (χ0) is 15.2. The number of hydrogen-bond donors (Lipinski definition) is 1. The van der Waals surface area contributed by atoms with Gasteiger partial charge in [0.05, 0.1) is 25.5 Å². The quantitative estimate of drug-likeness (QED) is 0.907. The Labute approximate surface area is 124 Å². The fraction of sp³-hybridized carbons (Fsp3) is 0.235. The van der Waals surface area contributed by atoms with Crippen LogP contribution >= 0.6 is 0 Å². The van der Waals surface area contributed by atoms with Crippen LogP contribution in [0.3, 0.4) is 0 Å². The highest BCUT2D eigenvalue weighted by molar-refractivity contribution is 5.67. The second-order valence-electron chi connectivity index (χ2n) is 4.64. The molecular weight excluding hydrogens is 264 g/mol. The third-order valence-electron chi connectivity index (χ3n) is 3.32. The molecule has 1 unspecified atom stereocenters. The Bertz CT molecular complexity index is 662. The summed E-state index contributed by atoms with van der Waals surface area (Å²) in [4.78, 5) is 0. The van der Waals surface area contributed by atoms with E-state index in [9.17, 15) is 5.26 Å². The number of rotatable bonds is 5. The minimum atomic E-state index is 0.0171. The molecule has 0 saturated heterocycles. The molecule has 0 aromatic heterocycles. The van der Waals surface area contributed by atoms with E-state index in [4.69, 9.17) is 9.47 Å². The Morgan fingerprint density at radius 1 is 1.10 bits per heavy atom. The third kappa shape index (κ3) is 3.26. The molecule has 0 radical (unpaired) electrons. The maximum Gasteiger partial charge on any atom is 0.143 e. The van der Waals surface area contributed by atoms with Gasteiger partial charge in [-0.3, -0.25) is 0 Å². The van der Waals surface area contributed by atoms with Gasteiger partial charge in [0.15, 0.2) is 0 Å². The van der Waals surface area contributed by atoms with E-state index in [0.717, 1.165) is 11.3 Å². The van der Waals surface area contributed by atoms with Gasteiger partial charge in [-0.1, -0.05) is 18.2 Å². The molecule has 0 heterocycles. The highest BCUT2D eigenvalue weighted by Crippen LogP contribution is 2.31. The van der Waals surface area contributed by atoms with E-state index in [0.29, 0.717) is 17.0 Å². The Kier molecular flexibility index (Phi) is 4.68. The number of anilines is 1. The summed E-state index contributed by atoms with van der Waals surface area (Å²) in [5.74, 6) is 1.46. The van der Waals surface area contributed by atoms with Crippen LogP contribution in [0.5, 0.6) is 11.5 Å². The topological polar surface area (TPSA) is 54.3 Å². The molecule has 0 saturated carbocycles. The zero-order valence-electron chi connectivity index (χ0n) is 12.4. The van der Waals surface area contributed by atoms with Crippen molar-refractivity contribution in [1.29, 1.82) is 5.26 Å². The lowest BCUT2D eigenvalue weighted by Gasteiger charge is -2.19. The molecule has 0 aliphatic carbocycles. The van der Waals surface area contributed by atoms with Crippen molar-refractivity contribution in [3.63, 3.8) is 0 Å². The summed E-state index contributed by atoms with van der Waals surface area (Å²) in [7, 11) is 3.24. The first-order chi connectivity index (χ1) is 10.2. The Morgan fingerprint density at radius 3 is 2.52 bits per heavy atom. The molecule has 2 aromatic rings. The summed E-state index contributed by atoms with van der Waals surface area (Å²) < 4.78 is 10.6. The molecule has 4 heteroatoms. The maximum absolute atomic E-state index is 9.24. The molecule has 2 rings (SSSR count). The molecule has 21 heavy (non-hydrogen) atoms. The van der Waals surface area contributed by atoms with Crippen molar-refractivity contribution in [3.8, 4) is 17.6 Å². The van der Waals surface area contributed by atoms with Crippen LogP contribution in [0, 0.1) is 11.3 Å². The standard InChI is InChI=1S/C17H18N2O2/c1-12(13-6-4-8-15(10-13)20-2)19-17-14(11-18)7-5-9-16(17)21-3/h4-10,12,19H,1-3H3. The smallest absolute Gasteiger partial charge is 0.143 e. The first kappa shape index (κ1) is 14.7. The van der Waals surface area contributed by atoms with E-state index in [2.05, 4.69) is 11.4 Å². The van der Waals surface area contributed by atoms with E-state index < -0.39 is 0 Å². The monoisotopic (exact) mass is 282 g/mol. The van der Waals surface area contributed by atoms with Gasteiger partial charge < -0.3 is 14.8 Å². The fourth-order valence-corrected chi connectivity index (χ4v) is 2.15. The Hall–Kier alpha value is -2.67. The number of para-hydroxylation sites is 1. The van der Waals surface area contributed by atoms with Crippen LogP contribution in [0.4, 0.5) is 5.69 Å². The lowest BCUT2D eigenvalue weighted by atomic mass is 10.1. The van der Waals surface area contributed by atoms with Crippen LogP contribution in [0.25, 0.3) is 0 Å². The second-order valence-corrected chi connectivity index (χ2v) is 4.64. The normalized spacial score (nSPS) is 11.3. The lowest BCUT2D eigenvalue weighted by Crippen LogP contribution is -2.09. The predicted molar refractivity (Wildman–Crippen MR) is 82.7 cm³/mol. The van der Waals surface area contributed by atoms with Crippen molar-refractivity contribution >= 4 is 5.69 Å². The van der Waals surface area contributed by atoms with Gasteiger partial charge in [-0.2, -0.15) is 5.26 Å². The van der Waals surface area contributed by atoms with E-state index in [1.54, 1.807) is 26.4 Å². The van der Waals surface area contributed by atoms with Crippen LogP contribution in [0.15, 0.2) is 42.5 Å². The molecule has 0 spiro atoms. The van der Waals surface area contributed by atoms with Gasteiger partial charge in [0.25, 0.3) is 0 Å². The van der Waals surface area contributed by atoms with E-state index in [1.165, 1.54) is 0 Å². The first-order valence-electron chi connectivity index (χ1n) is 6.67. The number of ether oxygens (including phenoxy) is 2. The van der Waals surface area contributed by atoms with E-state index >= 15 is 0 Å². The van der Waals surface area contributed by atoms with E-state index in [-0.39, 0.29) is 6.04 Å². The number of benzene rings is 2. The number of methoxy groups -OCH3 is 2. The number of hydrogen-bond acceptors (Lipinski definition) is 4. The minimum absolute atomic E-state index is 0.0171. The molecule has 0 bridgehead atoms. The lowest BCUT2D eigenvalue weighted by molar-refractivity contribution is 0.413. The summed E-state index contributed by atoms with van der Waals surface area (Å²) in [5, 5.41) is 12.6. The molecule has 108 valence electrons. The van der Waals surface area contributed by atoms with Gasteiger partial charge in [-0.25, -0.2) is 0 Å². The van der Waals surface area contributed by atoms with Crippen molar-refractivity contribution < 1.29 is 9.47 Å². The van der Waals surface area contributed by atoms with Gasteiger partial charge in [0.1, 0.15) is 17.6 Å². The summed E-state index contributed by atoms with van der Waals surface area (Å²) >= 11 is 0. The second kappa shape index (κ2) is 6.67. The highest BCUT2D eigenvalue weighted by atomic mass is 16.5. The SMILES string of the molecule is COc1cccc(C(C)Nc2c(C#N)cccc2OC)c1. The van der Waals surface area contributed by atoms with Crippen LogP contribution in [0.2, 0.25) is 0 Å². The maximum atomic E-state index is 9.24. The highest BCUT2D eigenvalue weighted by Gasteiger charge is 2.13. The Balaban J connectivity index is 2.31. The van der Waals surface area contributed by atoms with Crippen molar-refractivity contribution in [2.75, 3.05) is 19.5 Å².